The quantitative estimate of drug-likeness (QED) is 0.756. The molecule has 6 nitrogen and oxygen atoms in total. The number of halogens is 3. The second kappa shape index (κ2) is 8.50. The summed E-state index contributed by atoms with van der Waals surface area (Å²) < 4.78 is 51.8. The Morgan fingerprint density at radius 2 is 1.90 bits per heavy atom. The highest BCUT2D eigenvalue weighted by Crippen LogP contribution is 2.39. The van der Waals surface area contributed by atoms with Gasteiger partial charge in [0.05, 0.1) is 20.3 Å². The molecular weight excluding hydrogens is 389 g/mol. The molecule has 9 heteroatoms. The van der Waals surface area contributed by atoms with E-state index in [4.69, 9.17) is 9.47 Å². The molecule has 1 N–H and O–H groups in total. The van der Waals surface area contributed by atoms with Crippen LogP contribution in [0.15, 0.2) is 42.5 Å². The molecule has 1 atom stereocenters. The van der Waals surface area contributed by atoms with Gasteiger partial charge < -0.3 is 24.4 Å². The van der Waals surface area contributed by atoms with E-state index in [1.807, 2.05) is 6.07 Å². The van der Waals surface area contributed by atoms with Crippen molar-refractivity contribution < 1.29 is 32.2 Å². The number of hydrogen-bond acceptors (Lipinski definition) is 4. The number of amides is 2. The average molecular weight is 410 g/mol. The monoisotopic (exact) mass is 410 g/mol. The Labute approximate surface area is 166 Å². The first kappa shape index (κ1) is 20.6. The van der Waals surface area contributed by atoms with Gasteiger partial charge in [0.15, 0.2) is 0 Å². The molecule has 1 fully saturated rings. The Kier molecular flexibility index (Phi) is 6.05. The number of benzene rings is 2. The highest BCUT2D eigenvalue weighted by molar-refractivity contribution is 5.90. The Hall–Kier alpha value is -3.10. The van der Waals surface area contributed by atoms with Crippen molar-refractivity contribution in [3.05, 3.63) is 48.0 Å². The van der Waals surface area contributed by atoms with Gasteiger partial charge in [-0.2, -0.15) is 0 Å². The average Bonchev–Trinajstić information content (AvgIpc) is 3.16. The van der Waals surface area contributed by atoms with Crippen LogP contribution >= 0.6 is 0 Å². The number of ether oxygens (including phenoxy) is 3. The zero-order valence-corrected chi connectivity index (χ0v) is 16.0. The molecule has 1 aliphatic rings. The van der Waals surface area contributed by atoms with Crippen molar-refractivity contribution in [1.82, 2.24) is 4.90 Å². The maximum absolute atomic E-state index is 12.8. The van der Waals surface area contributed by atoms with Crippen LogP contribution in [0.5, 0.6) is 17.2 Å². The van der Waals surface area contributed by atoms with E-state index in [2.05, 4.69) is 10.1 Å². The molecule has 2 aromatic carbocycles. The molecular formula is C20H21F3N2O4. The van der Waals surface area contributed by atoms with Crippen molar-refractivity contribution in [2.45, 2.75) is 25.2 Å². The molecule has 3 rings (SSSR count). The Balaban J connectivity index is 1.78. The molecule has 1 unspecified atom stereocenters. The van der Waals surface area contributed by atoms with Gasteiger partial charge in [-0.25, -0.2) is 4.79 Å². The summed E-state index contributed by atoms with van der Waals surface area (Å²) in [4.78, 5) is 14.5. The fourth-order valence-corrected chi connectivity index (χ4v) is 3.40. The van der Waals surface area contributed by atoms with Crippen molar-refractivity contribution >= 4 is 11.7 Å². The van der Waals surface area contributed by atoms with Crippen LogP contribution in [-0.4, -0.2) is 38.1 Å². The van der Waals surface area contributed by atoms with Gasteiger partial charge in [-0.1, -0.05) is 6.07 Å². The second-order valence-corrected chi connectivity index (χ2v) is 6.47. The molecule has 2 amide bonds. The van der Waals surface area contributed by atoms with Gasteiger partial charge in [-0.15, -0.1) is 13.2 Å². The summed E-state index contributed by atoms with van der Waals surface area (Å²) in [5.74, 6) is 0.879. The van der Waals surface area contributed by atoms with E-state index >= 15 is 0 Å². The highest BCUT2D eigenvalue weighted by atomic mass is 19.4. The third kappa shape index (κ3) is 5.04. The number of anilines is 1. The summed E-state index contributed by atoms with van der Waals surface area (Å²) >= 11 is 0. The molecule has 156 valence electrons. The van der Waals surface area contributed by atoms with Crippen LogP contribution in [0.2, 0.25) is 0 Å². The van der Waals surface area contributed by atoms with E-state index < -0.39 is 18.1 Å². The summed E-state index contributed by atoms with van der Waals surface area (Å²) in [5, 5.41) is 2.64. The van der Waals surface area contributed by atoms with E-state index in [0.717, 1.165) is 24.5 Å². The maximum atomic E-state index is 12.8. The molecule has 1 aliphatic heterocycles. The zero-order valence-electron chi connectivity index (χ0n) is 16.0. The van der Waals surface area contributed by atoms with Crippen LogP contribution in [0.25, 0.3) is 0 Å². The molecule has 0 saturated carbocycles. The standard InChI is InChI=1S/C20H21F3N2O4/c1-27-14-8-9-18(28-2)16(12-14)17-7-4-10-25(17)19(26)24-13-5-3-6-15(11-13)29-20(21,22)23/h3,5-6,8-9,11-12,17H,4,7,10H2,1-2H3,(H,24,26). The third-order valence-electron chi connectivity index (χ3n) is 4.63. The van der Waals surface area contributed by atoms with Crippen molar-refractivity contribution in [2.75, 3.05) is 26.1 Å². The van der Waals surface area contributed by atoms with Crippen molar-refractivity contribution in [1.29, 1.82) is 0 Å². The Morgan fingerprint density at radius 1 is 1.10 bits per heavy atom. The number of rotatable bonds is 5. The number of nitrogens with one attached hydrogen (secondary N) is 1. The van der Waals surface area contributed by atoms with Crippen LogP contribution in [-0.2, 0) is 0 Å². The lowest BCUT2D eigenvalue weighted by molar-refractivity contribution is -0.274. The number of urea groups is 1. The van der Waals surface area contributed by atoms with Crippen LogP contribution in [0.4, 0.5) is 23.7 Å². The van der Waals surface area contributed by atoms with E-state index in [1.165, 1.54) is 18.2 Å². The van der Waals surface area contributed by atoms with E-state index in [-0.39, 0.29) is 11.7 Å². The lowest BCUT2D eigenvalue weighted by Gasteiger charge is -2.27. The fourth-order valence-electron chi connectivity index (χ4n) is 3.40. The first-order chi connectivity index (χ1) is 13.8. The van der Waals surface area contributed by atoms with Gasteiger partial charge in [0.2, 0.25) is 0 Å². The smallest absolute Gasteiger partial charge is 0.497 e. The zero-order chi connectivity index (χ0) is 21.0. The molecule has 2 aromatic rings. The topological polar surface area (TPSA) is 60.0 Å². The molecule has 0 aromatic heterocycles. The number of carbonyl (C=O) groups is 1. The summed E-state index contributed by atoms with van der Waals surface area (Å²) in [6, 6.07) is 9.89. The summed E-state index contributed by atoms with van der Waals surface area (Å²) in [7, 11) is 3.11. The van der Waals surface area contributed by atoms with E-state index in [0.29, 0.717) is 18.0 Å². The summed E-state index contributed by atoms with van der Waals surface area (Å²) in [6.07, 6.45) is -3.28. The number of alkyl halides is 3. The van der Waals surface area contributed by atoms with Crippen LogP contribution in [0.1, 0.15) is 24.4 Å². The normalized spacial score (nSPS) is 16.4. The number of methoxy groups -OCH3 is 2. The number of likely N-dealkylation sites (tertiary alicyclic amines) is 1. The molecule has 0 bridgehead atoms. The third-order valence-corrected chi connectivity index (χ3v) is 4.63. The maximum Gasteiger partial charge on any atom is 0.573 e. The van der Waals surface area contributed by atoms with Gasteiger partial charge >= 0.3 is 12.4 Å². The van der Waals surface area contributed by atoms with E-state index in [9.17, 15) is 18.0 Å². The van der Waals surface area contributed by atoms with E-state index in [1.54, 1.807) is 31.3 Å². The second-order valence-electron chi connectivity index (χ2n) is 6.47. The lowest BCUT2D eigenvalue weighted by Crippen LogP contribution is -2.34. The molecule has 1 heterocycles. The number of hydrogen-bond donors (Lipinski definition) is 1. The predicted octanol–water partition coefficient (Wildman–Crippen LogP) is 4.97. The Bertz CT molecular complexity index is 873. The minimum atomic E-state index is -4.80. The molecule has 1 saturated heterocycles. The Morgan fingerprint density at radius 3 is 2.59 bits per heavy atom. The minimum Gasteiger partial charge on any atom is -0.497 e. The van der Waals surface area contributed by atoms with Gasteiger partial charge in [-0.05, 0) is 43.2 Å². The molecule has 0 spiro atoms. The van der Waals surface area contributed by atoms with Gasteiger partial charge in [0, 0.05) is 23.9 Å². The summed E-state index contributed by atoms with van der Waals surface area (Å²) in [5.41, 5.74) is 1.02. The fraction of sp³-hybridized carbons (Fsp3) is 0.350. The van der Waals surface area contributed by atoms with Gasteiger partial charge in [0.25, 0.3) is 0 Å². The van der Waals surface area contributed by atoms with Crippen LogP contribution in [0.3, 0.4) is 0 Å². The number of nitrogens with zero attached hydrogens (tertiary/aromatic N) is 1. The summed E-state index contributed by atoms with van der Waals surface area (Å²) in [6.45, 7) is 0.510. The van der Waals surface area contributed by atoms with Gasteiger partial charge in [0.1, 0.15) is 17.2 Å². The van der Waals surface area contributed by atoms with Gasteiger partial charge in [-0.3, -0.25) is 0 Å². The largest absolute Gasteiger partial charge is 0.573 e. The molecule has 29 heavy (non-hydrogen) atoms. The predicted molar refractivity (Wildman–Crippen MR) is 100 cm³/mol. The first-order valence-electron chi connectivity index (χ1n) is 8.96. The van der Waals surface area contributed by atoms with Crippen molar-refractivity contribution in [3.63, 3.8) is 0 Å². The van der Waals surface area contributed by atoms with Crippen LogP contribution < -0.4 is 19.5 Å². The highest BCUT2D eigenvalue weighted by Gasteiger charge is 2.33. The van der Waals surface area contributed by atoms with Crippen molar-refractivity contribution in [3.8, 4) is 17.2 Å². The SMILES string of the molecule is COc1ccc(OC)c(C2CCCN2C(=O)Nc2cccc(OC(F)(F)F)c2)c1. The minimum absolute atomic E-state index is 0.208. The lowest BCUT2D eigenvalue weighted by atomic mass is 10.0. The number of carbonyl (C=O) groups excluding carboxylic acids is 1. The first-order valence-corrected chi connectivity index (χ1v) is 8.96. The van der Waals surface area contributed by atoms with Crippen LogP contribution in [0, 0.1) is 0 Å². The molecule has 0 aliphatic carbocycles. The molecule has 0 radical (unpaired) electrons. The van der Waals surface area contributed by atoms with Crippen molar-refractivity contribution in [2.24, 2.45) is 0 Å².